The van der Waals surface area contributed by atoms with Crippen LogP contribution in [-0.4, -0.2) is 23.7 Å². The highest BCUT2D eigenvalue weighted by molar-refractivity contribution is 5.93. The zero-order valence-electron chi connectivity index (χ0n) is 22.3. The maximum atomic E-state index is 14.7. The molecule has 0 aliphatic heterocycles. The highest BCUT2D eigenvalue weighted by Gasteiger charge is 2.52. The van der Waals surface area contributed by atoms with Gasteiger partial charge in [-0.2, -0.15) is 13.2 Å². The molecular weight excluding hydrogens is 486 g/mol. The first-order valence-corrected chi connectivity index (χ1v) is 12.8. The van der Waals surface area contributed by atoms with Crippen molar-refractivity contribution in [2.75, 3.05) is 5.32 Å². The van der Waals surface area contributed by atoms with Gasteiger partial charge in [-0.05, 0) is 81.6 Å². The predicted octanol–water partition coefficient (Wildman–Crippen LogP) is 7.40. The molecule has 1 aromatic rings. The summed E-state index contributed by atoms with van der Waals surface area (Å²) in [4.78, 5) is 25.9. The fourth-order valence-corrected chi connectivity index (χ4v) is 4.72. The van der Waals surface area contributed by atoms with Crippen LogP contribution in [0.2, 0.25) is 0 Å². The number of alkyl halides is 3. The average Bonchev–Trinajstić information content (AvgIpc) is 3.55. The number of esters is 1. The summed E-state index contributed by atoms with van der Waals surface area (Å²) >= 11 is 0. The number of nitrogens with one attached hydrogen (secondary N) is 1. The molecule has 1 unspecified atom stereocenters. The van der Waals surface area contributed by atoms with Crippen LogP contribution in [-0.2, 0) is 20.7 Å². The van der Waals surface area contributed by atoms with Gasteiger partial charge < -0.3 is 10.1 Å². The van der Waals surface area contributed by atoms with Crippen LogP contribution in [0.5, 0.6) is 0 Å². The third-order valence-corrected chi connectivity index (χ3v) is 7.16. The molecule has 2 aliphatic carbocycles. The van der Waals surface area contributed by atoms with E-state index in [-0.39, 0.29) is 17.6 Å². The van der Waals surface area contributed by atoms with Crippen LogP contribution in [0.25, 0.3) is 0 Å². The van der Waals surface area contributed by atoms with Crippen molar-refractivity contribution < 1.29 is 31.9 Å². The summed E-state index contributed by atoms with van der Waals surface area (Å²) in [6, 6.07) is 4.09. The molecule has 0 saturated heterocycles. The van der Waals surface area contributed by atoms with Crippen molar-refractivity contribution in [3.8, 4) is 0 Å². The Balaban J connectivity index is 1.81. The molecule has 0 spiro atoms. The smallest absolute Gasteiger partial charge is 0.392 e. The number of hydrogen-bond acceptors (Lipinski definition) is 3. The van der Waals surface area contributed by atoms with Crippen LogP contribution >= 0.6 is 0 Å². The molecule has 1 N–H and O–H groups in total. The number of benzene rings is 1. The molecular formula is C29H37F4NO3. The molecule has 1 saturated carbocycles. The predicted molar refractivity (Wildman–Crippen MR) is 135 cm³/mol. The van der Waals surface area contributed by atoms with Gasteiger partial charge in [0.2, 0.25) is 5.91 Å². The van der Waals surface area contributed by atoms with Crippen LogP contribution in [0.1, 0.15) is 66.4 Å². The van der Waals surface area contributed by atoms with Crippen molar-refractivity contribution in [1.29, 1.82) is 0 Å². The second-order valence-electron chi connectivity index (χ2n) is 11.7. The number of ether oxygens (including phenoxy) is 1. The number of halogens is 4. The maximum absolute atomic E-state index is 14.7. The van der Waals surface area contributed by atoms with Crippen molar-refractivity contribution >= 4 is 17.6 Å². The fraction of sp³-hybridized carbons (Fsp3) is 0.586. The van der Waals surface area contributed by atoms with Crippen molar-refractivity contribution in [2.24, 2.45) is 29.1 Å². The normalized spacial score (nSPS) is 20.7. The zero-order chi connectivity index (χ0) is 27.8. The summed E-state index contributed by atoms with van der Waals surface area (Å²) in [6.07, 6.45) is 2.56. The Labute approximate surface area is 216 Å². The highest BCUT2D eigenvalue weighted by atomic mass is 19.4. The number of allylic oxidation sites excluding steroid dienone is 4. The largest absolute Gasteiger partial charge is 0.460 e. The second-order valence-corrected chi connectivity index (χ2v) is 11.7. The van der Waals surface area contributed by atoms with E-state index >= 15 is 0 Å². The van der Waals surface area contributed by atoms with Crippen LogP contribution in [0.15, 0.2) is 42.0 Å². The molecule has 1 amide bonds. The third kappa shape index (κ3) is 7.23. The lowest BCUT2D eigenvalue weighted by Crippen LogP contribution is -2.40. The van der Waals surface area contributed by atoms with Crippen LogP contribution in [0.3, 0.4) is 0 Å². The van der Waals surface area contributed by atoms with Gasteiger partial charge in [-0.3, -0.25) is 9.59 Å². The van der Waals surface area contributed by atoms with Crippen LogP contribution < -0.4 is 5.32 Å². The quantitative estimate of drug-likeness (QED) is 0.285. The Kier molecular flexibility index (Phi) is 8.30. The summed E-state index contributed by atoms with van der Waals surface area (Å²) in [7, 11) is 0. The van der Waals surface area contributed by atoms with E-state index in [1.807, 2.05) is 19.9 Å². The number of anilines is 1. The summed E-state index contributed by atoms with van der Waals surface area (Å²) in [5.74, 6) is -5.77. The van der Waals surface area contributed by atoms with E-state index in [0.29, 0.717) is 31.2 Å². The van der Waals surface area contributed by atoms with Crippen molar-refractivity contribution in [1.82, 2.24) is 0 Å². The van der Waals surface area contributed by atoms with Gasteiger partial charge in [-0.15, -0.1) is 0 Å². The van der Waals surface area contributed by atoms with Gasteiger partial charge in [0.25, 0.3) is 0 Å². The van der Waals surface area contributed by atoms with Gasteiger partial charge in [0.15, 0.2) is 0 Å². The van der Waals surface area contributed by atoms with Crippen LogP contribution in [0, 0.1) is 34.9 Å². The molecule has 0 heterocycles. The summed E-state index contributed by atoms with van der Waals surface area (Å²) in [6.45, 7) is 10.3. The molecule has 37 heavy (non-hydrogen) atoms. The third-order valence-electron chi connectivity index (χ3n) is 7.16. The molecule has 3 rings (SSSR count). The fourth-order valence-electron chi connectivity index (χ4n) is 4.72. The van der Waals surface area contributed by atoms with E-state index in [0.717, 1.165) is 18.6 Å². The molecule has 0 bridgehead atoms. The van der Waals surface area contributed by atoms with Crippen molar-refractivity contribution in [3.63, 3.8) is 0 Å². The molecule has 8 heteroatoms. The lowest BCUT2D eigenvalue weighted by atomic mass is 9.76. The number of hydrogen-bond donors (Lipinski definition) is 1. The summed E-state index contributed by atoms with van der Waals surface area (Å²) < 4.78 is 61.5. The van der Waals surface area contributed by atoms with E-state index in [9.17, 15) is 27.2 Å². The molecule has 204 valence electrons. The number of rotatable bonds is 8. The minimum atomic E-state index is -4.59. The number of amides is 1. The monoisotopic (exact) mass is 523 g/mol. The molecule has 4 nitrogen and oxygen atoms in total. The van der Waals surface area contributed by atoms with E-state index in [4.69, 9.17) is 4.74 Å². The highest BCUT2D eigenvalue weighted by Crippen LogP contribution is 2.50. The van der Waals surface area contributed by atoms with E-state index in [1.165, 1.54) is 12.1 Å². The van der Waals surface area contributed by atoms with Crippen molar-refractivity contribution in [3.05, 3.63) is 53.4 Å². The Morgan fingerprint density at radius 1 is 1.14 bits per heavy atom. The molecule has 3 atom stereocenters. The van der Waals surface area contributed by atoms with Crippen molar-refractivity contribution in [2.45, 2.75) is 79.0 Å². The SMILES string of the molecule is CC(C)C1=CCC([C@@H](C(=O)Nc2cc(CC3(C(=O)OC(C)(C)C)CC3)ccc2F)[C@@H](C)C(F)(F)F)C=C1. The minimum absolute atomic E-state index is 0.194. The van der Waals surface area contributed by atoms with Gasteiger partial charge in [-0.25, -0.2) is 4.39 Å². The molecule has 2 aliphatic rings. The van der Waals surface area contributed by atoms with Gasteiger partial charge in [0, 0.05) is 0 Å². The van der Waals surface area contributed by atoms with Gasteiger partial charge in [-0.1, -0.05) is 45.1 Å². The number of carbonyl (C=O) groups is 2. The zero-order valence-corrected chi connectivity index (χ0v) is 22.3. The summed E-state index contributed by atoms with van der Waals surface area (Å²) in [5, 5.41) is 2.42. The first kappa shape index (κ1) is 28.9. The lowest BCUT2D eigenvalue weighted by Gasteiger charge is -2.32. The van der Waals surface area contributed by atoms with Gasteiger partial charge >= 0.3 is 12.1 Å². The summed E-state index contributed by atoms with van der Waals surface area (Å²) in [5.41, 5.74) is 0.0697. The first-order valence-electron chi connectivity index (χ1n) is 12.8. The standard InChI is InChI=1S/C29H37F4NO3/c1-17(2)20-8-10-21(11-9-20)24(18(3)29(31,32)33)25(35)34-23-15-19(7-12-22(23)30)16-28(13-14-28)26(36)37-27(4,5)6/h7-10,12,15,17-18,21,24H,11,13-14,16H2,1-6H3,(H,34,35)/t18-,21?,24+/m1/s1. The topological polar surface area (TPSA) is 55.4 Å². The Morgan fingerprint density at radius 2 is 1.78 bits per heavy atom. The minimum Gasteiger partial charge on any atom is -0.460 e. The Bertz CT molecular complexity index is 1080. The number of carbonyl (C=O) groups excluding carboxylic acids is 2. The molecule has 1 aromatic carbocycles. The Hall–Kier alpha value is -2.64. The first-order chi connectivity index (χ1) is 17.0. The molecule has 0 aromatic heterocycles. The van der Waals surface area contributed by atoms with E-state index < -0.39 is 46.7 Å². The van der Waals surface area contributed by atoms with E-state index in [1.54, 1.807) is 32.9 Å². The Morgan fingerprint density at radius 3 is 2.27 bits per heavy atom. The van der Waals surface area contributed by atoms with Crippen LogP contribution in [0.4, 0.5) is 23.2 Å². The molecule has 0 radical (unpaired) electrons. The lowest BCUT2D eigenvalue weighted by molar-refractivity contribution is -0.188. The average molecular weight is 524 g/mol. The van der Waals surface area contributed by atoms with Gasteiger partial charge in [0.05, 0.1) is 22.9 Å². The van der Waals surface area contributed by atoms with E-state index in [2.05, 4.69) is 5.32 Å². The second kappa shape index (κ2) is 10.6. The van der Waals surface area contributed by atoms with Gasteiger partial charge in [0.1, 0.15) is 11.4 Å². The molecule has 1 fully saturated rings. The maximum Gasteiger partial charge on any atom is 0.392 e.